The molecule has 35 heavy (non-hydrogen) atoms. The number of carbonyl (C=O) groups excluding carboxylic acids is 2. The number of nitro groups is 1. The maximum atomic E-state index is 14.3. The number of fused-ring (bicyclic) bond motifs is 4. The van der Waals surface area contributed by atoms with Gasteiger partial charge in [0.15, 0.2) is 5.78 Å². The number of anilines is 1. The van der Waals surface area contributed by atoms with Gasteiger partial charge in [0.2, 0.25) is 5.91 Å². The largest absolute Gasteiger partial charge is 0.324 e. The molecule has 6 rings (SSSR count). The molecule has 0 bridgehead atoms. The van der Waals surface area contributed by atoms with Gasteiger partial charge in [-0.25, -0.2) is 0 Å². The fraction of sp³-hybridized carbons (Fsp3) is 0.269. The summed E-state index contributed by atoms with van der Waals surface area (Å²) >= 11 is 1.73. The van der Waals surface area contributed by atoms with Crippen molar-refractivity contribution in [2.45, 2.75) is 24.4 Å². The van der Waals surface area contributed by atoms with Gasteiger partial charge >= 0.3 is 0 Å². The molecule has 0 saturated carbocycles. The van der Waals surface area contributed by atoms with Crippen LogP contribution in [-0.2, 0) is 10.3 Å². The SMILES string of the molecule is Cc1ccc2c(c1)[C@]1(C(=O)N2)[C@@H](C(=O)c2ccccn2)[C@H](c2ccc([N+](=O)[O-])cc2)[C@H]2CSCN21. The van der Waals surface area contributed by atoms with Gasteiger partial charge in [0, 0.05) is 53.2 Å². The highest BCUT2D eigenvalue weighted by molar-refractivity contribution is 7.99. The van der Waals surface area contributed by atoms with E-state index < -0.39 is 16.4 Å². The standard InChI is InChI=1S/C26H22N4O4S/c1-15-5-10-19-18(12-15)26(25(32)28-19)23(24(31)20-4-2-3-11-27-20)22(21-13-35-14-29(21)26)16-6-8-17(9-7-16)30(33)34/h2-12,21-23H,13-14H2,1H3,(H,28,32)/t21-,22-,23-,26-/m1/s1. The minimum atomic E-state index is -1.18. The number of nitrogens with zero attached hydrogens (tertiary/aromatic N) is 3. The molecule has 176 valence electrons. The summed E-state index contributed by atoms with van der Waals surface area (Å²) in [6.45, 7) is 1.98. The summed E-state index contributed by atoms with van der Waals surface area (Å²) < 4.78 is 0. The van der Waals surface area contributed by atoms with Crippen molar-refractivity contribution in [1.29, 1.82) is 0 Å². The maximum absolute atomic E-state index is 14.3. The highest BCUT2D eigenvalue weighted by Crippen LogP contribution is 2.61. The second-order valence-electron chi connectivity index (χ2n) is 9.24. The number of non-ortho nitro benzene ring substituents is 1. The number of nitro benzene ring substituents is 1. The number of aryl methyl sites for hydroxylation is 1. The average molecular weight is 487 g/mol. The Morgan fingerprint density at radius 2 is 2.00 bits per heavy atom. The highest BCUT2D eigenvalue weighted by atomic mass is 32.2. The normalized spacial score (nSPS) is 27.0. The number of nitrogens with one attached hydrogen (secondary N) is 1. The third kappa shape index (κ3) is 3.08. The number of benzene rings is 2. The van der Waals surface area contributed by atoms with Gasteiger partial charge < -0.3 is 5.32 Å². The number of amides is 1. The molecule has 1 spiro atoms. The van der Waals surface area contributed by atoms with Crippen LogP contribution in [-0.4, -0.2) is 44.2 Å². The quantitative estimate of drug-likeness (QED) is 0.336. The number of Topliss-reactive ketones (excluding diaryl/α,β-unsaturated/α-hetero) is 1. The molecule has 4 heterocycles. The topological polar surface area (TPSA) is 105 Å². The van der Waals surface area contributed by atoms with Crippen LogP contribution in [0.5, 0.6) is 0 Å². The van der Waals surface area contributed by atoms with E-state index in [-0.39, 0.29) is 29.3 Å². The van der Waals surface area contributed by atoms with E-state index in [0.29, 0.717) is 11.6 Å². The van der Waals surface area contributed by atoms with Gasteiger partial charge in [-0.1, -0.05) is 35.9 Å². The van der Waals surface area contributed by atoms with Crippen molar-refractivity contribution in [1.82, 2.24) is 9.88 Å². The number of rotatable bonds is 4. The van der Waals surface area contributed by atoms with Crippen LogP contribution < -0.4 is 5.32 Å². The molecule has 1 N–H and O–H groups in total. The van der Waals surface area contributed by atoms with Gasteiger partial charge in [-0.05, 0) is 30.7 Å². The Hall–Kier alpha value is -3.56. The molecular formula is C26H22N4O4S. The lowest BCUT2D eigenvalue weighted by atomic mass is 9.70. The van der Waals surface area contributed by atoms with E-state index in [9.17, 15) is 19.7 Å². The van der Waals surface area contributed by atoms with Crippen molar-refractivity contribution >= 4 is 34.8 Å². The summed E-state index contributed by atoms with van der Waals surface area (Å²) in [7, 11) is 0. The molecule has 2 fully saturated rings. The zero-order valence-electron chi connectivity index (χ0n) is 18.9. The van der Waals surface area contributed by atoms with Crippen LogP contribution in [0.2, 0.25) is 0 Å². The predicted molar refractivity (Wildman–Crippen MR) is 132 cm³/mol. The van der Waals surface area contributed by atoms with Gasteiger partial charge in [-0.15, -0.1) is 11.8 Å². The number of carbonyl (C=O) groups is 2. The first-order valence-corrected chi connectivity index (χ1v) is 12.5. The molecule has 3 aromatic rings. The number of ketones is 1. The van der Waals surface area contributed by atoms with E-state index in [2.05, 4.69) is 15.2 Å². The van der Waals surface area contributed by atoms with Gasteiger partial charge in [0.25, 0.3) is 5.69 Å². The van der Waals surface area contributed by atoms with Crippen molar-refractivity contribution in [3.05, 3.63) is 99.4 Å². The molecule has 3 aliphatic rings. The highest BCUT2D eigenvalue weighted by Gasteiger charge is 2.69. The van der Waals surface area contributed by atoms with Gasteiger partial charge in [-0.3, -0.25) is 29.6 Å². The molecule has 2 saturated heterocycles. The van der Waals surface area contributed by atoms with E-state index in [0.717, 1.165) is 28.1 Å². The first-order chi connectivity index (χ1) is 16.9. The lowest BCUT2D eigenvalue weighted by Crippen LogP contribution is -2.52. The number of hydrogen-bond donors (Lipinski definition) is 1. The molecule has 0 unspecified atom stereocenters. The molecule has 0 radical (unpaired) electrons. The van der Waals surface area contributed by atoms with Crippen LogP contribution in [0.4, 0.5) is 11.4 Å². The smallest absolute Gasteiger partial charge is 0.269 e. The van der Waals surface area contributed by atoms with Gasteiger partial charge in [0.05, 0.1) is 10.8 Å². The van der Waals surface area contributed by atoms with Gasteiger partial charge in [-0.2, -0.15) is 0 Å². The van der Waals surface area contributed by atoms with Crippen LogP contribution in [0.15, 0.2) is 66.9 Å². The maximum Gasteiger partial charge on any atom is 0.269 e. The third-order valence-electron chi connectivity index (χ3n) is 7.46. The van der Waals surface area contributed by atoms with E-state index in [4.69, 9.17) is 0 Å². The van der Waals surface area contributed by atoms with E-state index >= 15 is 0 Å². The molecule has 8 nitrogen and oxygen atoms in total. The van der Waals surface area contributed by atoms with Crippen molar-refractivity contribution in [2.75, 3.05) is 16.9 Å². The summed E-state index contributed by atoms with van der Waals surface area (Å²) in [6.07, 6.45) is 1.58. The lowest BCUT2D eigenvalue weighted by molar-refractivity contribution is -0.384. The summed E-state index contributed by atoms with van der Waals surface area (Å²) in [5.41, 5.74) is 2.47. The molecule has 9 heteroatoms. The van der Waals surface area contributed by atoms with Crippen molar-refractivity contribution in [3.8, 4) is 0 Å². The fourth-order valence-electron chi connectivity index (χ4n) is 6.05. The molecule has 1 aromatic heterocycles. The Labute approximate surface area is 205 Å². The number of aromatic nitrogens is 1. The Morgan fingerprint density at radius 3 is 2.71 bits per heavy atom. The summed E-state index contributed by atoms with van der Waals surface area (Å²) in [6, 6.07) is 17.4. The van der Waals surface area contributed by atoms with E-state index in [1.54, 1.807) is 48.3 Å². The average Bonchev–Trinajstić information content (AvgIpc) is 3.53. The zero-order chi connectivity index (χ0) is 24.3. The number of thioether (sulfide) groups is 1. The van der Waals surface area contributed by atoms with Gasteiger partial charge in [0.1, 0.15) is 11.2 Å². The Morgan fingerprint density at radius 1 is 1.20 bits per heavy atom. The first kappa shape index (κ1) is 21.9. The summed E-state index contributed by atoms with van der Waals surface area (Å²) in [5, 5.41) is 14.3. The minimum absolute atomic E-state index is 0.00806. The molecular weight excluding hydrogens is 464 g/mol. The molecule has 0 aliphatic carbocycles. The molecule has 1 amide bonds. The van der Waals surface area contributed by atoms with Crippen LogP contribution in [0, 0.1) is 23.0 Å². The lowest BCUT2D eigenvalue weighted by Gasteiger charge is -2.36. The van der Waals surface area contributed by atoms with Crippen LogP contribution in [0.1, 0.15) is 33.1 Å². The number of pyridine rings is 1. The van der Waals surface area contributed by atoms with Crippen molar-refractivity contribution in [3.63, 3.8) is 0 Å². The zero-order valence-corrected chi connectivity index (χ0v) is 19.7. The van der Waals surface area contributed by atoms with Crippen LogP contribution in [0.25, 0.3) is 0 Å². The second kappa shape index (κ2) is 8.00. The molecule has 2 aromatic carbocycles. The second-order valence-corrected chi connectivity index (χ2v) is 10.2. The third-order valence-corrected chi connectivity index (χ3v) is 8.50. The van der Waals surface area contributed by atoms with Crippen LogP contribution >= 0.6 is 11.8 Å². The monoisotopic (exact) mass is 486 g/mol. The van der Waals surface area contributed by atoms with E-state index in [1.807, 2.05) is 25.1 Å². The molecule has 4 atom stereocenters. The van der Waals surface area contributed by atoms with Crippen LogP contribution in [0.3, 0.4) is 0 Å². The minimum Gasteiger partial charge on any atom is -0.324 e. The predicted octanol–water partition coefficient (Wildman–Crippen LogP) is 4.12. The van der Waals surface area contributed by atoms with Crippen molar-refractivity contribution < 1.29 is 14.5 Å². The van der Waals surface area contributed by atoms with Crippen molar-refractivity contribution in [2.24, 2.45) is 5.92 Å². The Balaban J connectivity index is 1.60. The summed E-state index contributed by atoms with van der Waals surface area (Å²) in [5.74, 6) is -0.113. The fourth-order valence-corrected chi connectivity index (χ4v) is 7.37. The first-order valence-electron chi connectivity index (χ1n) is 11.4. The van der Waals surface area contributed by atoms with E-state index in [1.165, 1.54) is 12.1 Å². The number of hydrogen-bond acceptors (Lipinski definition) is 7. The molecule has 3 aliphatic heterocycles. The Bertz CT molecular complexity index is 1360. The Kier molecular flexibility index (Phi) is 5.01. The summed E-state index contributed by atoms with van der Waals surface area (Å²) in [4.78, 5) is 45.6.